The highest BCUT2D eigenvalue weighted by molar-refractivity contribution is 6.34. The molecule has 1 aliphatic rings. The smallest absolute Gasteiger partial charge is 0.168 e. The van der Waals surface area contributed by atoms with Crippen molar-refractivity contribution in [1.82, 2.24) is 0 Å². The van der Waals surface area contributed by atoms with Crippen LogP contribution in [0, 0.1) is 11.3 Å². The summed E-state index contributed by atoms with van der Waals surface area (Å²) in [6.45, 7) is 4.30. The van der Waals surface area contributed by atoms with Gasteiger partial charge in [0.05, 0.1) is 19.2 Å². The van der Waals surface area contributed by atoms with Crippen LogP contribution in [-0.2, 0) is 0 Å². The van der Waals surface area contributed by atoms with Crippen LogP contribution in [0.4, 0.5) is 0 Å². The largest absolute Gasteiger partial charge is 0.493 e. The Labute approximate surface area is 125 Å². The Morgan fingerprint density at radius 3 is 2.35 bits per heavy atom. The molecule has 20 heavy (non-hydrogen) atoms. The molecule has 110 valence electrons. The molecular formula is C16H21ClO3. The lowest BCUT2D eigenvalue weighted by atomic mass is 9.77. The summed E-state index contributed by atoms with van der Waals surface area (Å²) in [6.07, 6.45) is 3.10. The third kappa shape index (κ3) is 2.64. The first-order valence-electron chi connectivity index (χ1n) is 6.86. The fourth-order valence-electron chi connectivity index (χ4n) is 3.04. The second kappa shape index (κ2) is 5.65. The number of halogens is 1. The van der Waals surface area contributed by atoms with E-state index in [1.54, 1.807) is 26.4 Å². The van der Waals surface area contributed by atoms with E-state index in [1.165, 1.54) is 0 Å². The van der Waals surface area contributed by atoms with Crippen LogP contribution < -0.4 is 9.47 Å². The Bertz CT molecular complexity index is 523. The molecule has 0 bridgehead atoms. The van der Waals surface area contributed by atoms with Crippen molar-refractivity contribution in [1.29, 1.82) is 0 Å². The number of hydrogen-bond donors (Lipinski definition) is 0. The van der Waals surface area contributed by atoms with Crippen molar-refractivity contribution in [2.75, 3.05) is 14.2 Å². The van der Waals surface area contributed by atoms with E-state index in [-0.39, 0.29) is 17.1 Å². The van der Waals surface area contributed by atoms with Crippen molar-refractivity contribution in [3.63, 3.8) is 0 Å². The Kier molecular flexibility index (Phi) is 4.28. The first kappa shape index (κ1) is 15.2. The molecule has 0 N–H and O–H groups in total. The zero-order valence-corrected chi connectivity index (χ0v) is 13.2. The van der Waals surface area contributed by atoms with Crippen LogP contribution in [0.3, 0.4) is 0 Å². The maximum atomic E-state index is 12.8. The first-order valence-corrected chi connectivity index (χ1v) is 7.24. The van der Waals surface area contributed by atoms with E-state index in [9.17, 15) is 4.79 Å². The Balaban J connectivity index is 2.40. The molecule has 2 rings (SSSR count). The van der Waals surface area contributed by atoms with E-state index < -0.39 is 0 Å². The van der Waals surface area contributed by atoms with Crippen LogP contribution in [-0.4, -0.2) is 20.0 Å². The summed E-state index contributed by atoms with van der Waals surface area (Å²) in [6, 6.07) is 3.34. The van der Waals surface area contributed by atoms with Crippen LogP contribution in [0.2, 0.25) is 5.02 Å². The average Bonchev–Trinajstić information content (AvgIpc) is 2.77. The molecule has 0 aromatic heterocycles. The van der Waals surface area contributed by atoms with Gasteiger partial charge in [-0.05, 0) is 24.3 Å². The lowest BCUT2D eigenvalue weighted by Crippen LogP contribution is -2.26. The summed E-state index contributed by atoms with van der Waals surface area (Å²) in [5, 5.41) is 0.426. The summed E-state index contributed by atoms with van der Waals surface area (Å²) in [4.78, 5) is 12.8. The topological polar surface area (TPSA) is 35.5 Å². The van der Waals surface area contributed by atoms with Crippen molar-refractivity contribution >= 4 is 17.4 Å². The molecule has 1 aliphatic carbocycles. The molecule has 0 heterocycles. The third-order valence-electron chi connectivity index (χ3n) is 4.31. The van der Waals surface area contributed by atoms with E-state index >= 15 is 0 Å². The van der Waals surface area contributed by atoms with Crippen LogP contribution in [0.1, 0.15) is 43.5 Å². The zero-order valence-electron chi connectivity index (χ0n) is 12.5. The number of carbonyl (C=O) groups excluding carboxylic acids is 1. The number of methoxy groups -OCH3 is 2. The van der Waals surface area contributed by atoms with Gasteiger partial charge in [0.15, 0.2) is 17.3 Å². The highest BCUT2D eigenvalue weighted by atomic mass is 35.5. The van der Waals surface area contributed by atoms with Crippen molar-refractivity contribution in [3.8, 4) is 11.5 Å². The molecule has 3 nitrogen and oxygen atoms in total. The van der Waals surface area contributed by atoms with Crippen molar-refractivity contribution < 1.29 is 14.3 Å². The average molecular weight is 297 g/mol. The zero-order chi connectivity index (χ0) is 14.9. The maximum absolute atomic E-state index is 12.8. The summed E-state index contributed by atoms with van der Waals surface area (Å²) in [5.41, 5.74) is 0.567. The van der Waals surface area contributed by atoms with Crippen molar-refractivity contribution in [3.05, 3.63) is 22.7 Å². The van der Waals surface area contributed by atoms with Gasteiger partial charge in [-0.15, -0.1) is 0 Å². The van der Waals surface area contributed by atoms with Gasteiger partial charge in [0.25, 0.3) is 0 Å². The molecule has 1 fully saturated rings. The molecule has 0 radical (unpaired) electrons. The molecule has 1 atom stereocenters. The van der Waals surface area contributed by atoms with Gasteiger partial charge < -0.3 is 9.47 Å². The molecule has 0 aliphatic heterocycles. The Hall–Kier alpha value is -1.22. The molecule has 1 aromatic carbocycles. The molecule has 4 heteroatoms. The number of carbonyl (C=O) groups is 1. The lowest BCUT2D eigenvalue weighted by molar-refractivity contribution is 0.0839. The minimum Gasteiger partial charge on any atom is -0.493 e. The monoisotopic (exact) mass is 296 g/mol. The van der Waals surface area contributed by atoms with E-state index in [0.29, 0.717) is 22.1 Å². The molecule has 0 amide bonds. The maximum Gasteiger partial charge on any atom is 0.168 e. The van der Waals surface area contributed by atoms with Gasteiger partial charge in [0, 0.05) is 17.5 Å². The van der Waals surface area contributed by atoms with Crippen LogP contribution in [0.5, 0.6) is 11.5 Å². The number of ether oxygens (including phenoxy) is 2. The predicted octanol–water partition coefficient (Wildman–Crippen LogP) is 4.37. The number of ketones is 1. The van der Waals surface area contributed by atoms with Gasteiger partial charge >= 0.3 is 0 Å². The number of rotatable bonds is 4. The van der Waals surface area contributed by atoms with E-state index in [4.69, 9.17) is 21.1 Å². The summed E-state index contributed by atoms with van der Waals surface area (Å²) >= 11 is 6.25. The second-order valence-electron chi connectivity index (χ2n) is 5.98. The summed E-state index contributed by atoms with van der Waals surface area (Å²) in [7, 11) is 3.11. The predicted molar refractivity (Wildman–Crippen MR) is 80.0 cm³/mol. The van der Waals surface area contributed by atoms with Crippen molar-refractivity contribution in [2.45, 2.75) is 33.1 Å². The second-order valence-corrected chi connectivity index (χ2v) is 6.39. The lowest BCUT2D eigenvalue weighted by Gasteiger charge is -2.26. The number of benzene rings is 1. The molecule has 1 unspecified atom stereocenters. The summed E-state index contributed by atoms with van der Waals surface area (Å²) < 4.78 is 10.5. The summed E-state index contributed by atoms with van der Waals surface area (Å²) in [5.74, 6) is 1.22. The van der Waals surface area contributed by atoms with Crippen LogP contribution in [0.25, 0.3) is 0 Å². The van der Waals surface area contributed by atoms with Gasteiger partial charge in [-0.3, -0.25) is 4.79 Å². The fraction of sp³-hybridized carbons (Fsp3) is 0.562. The van der Waals surface area contributed by atoms with E-state index in [1.807, 2.05) is 0 Å². The van der Waals surface area contributed by atoms with Gasteiger partial charge in [0.2, 0.25) is 0 Å². The molecule has 1 saturated carbocycles. The van der Waals surface area contributed by atoms with Gasteiger partial charge in [0.1, 0.15) is 0 Å². The third-order valence-corrected chi connectivity index (χ3v) is 4.63. The van der Waals surface area contributed by atoms with Crippen molar-refractivity contribution in [2.24, 2.45) is 11.3 Å². The Morgan fingerprint density at radius 2 is 1.85 bits per heavy atom. The minimum absolute atomic E-state index is 0.0260. The van der Waals surface area contributed by atoms with E-state index in [2.05, 4.69) is 13.8 Å². The highest BCUT2D eigenvalue weighted by Crippen LogP contribution is 2.45. The highest BCUT2D eigenvalue weighted by Gasteiger charge is 2.40. The molecule has 0 spiro atoms. The standard InChI is InChI=1S/C16H21ClO3/c1-16(2)7-5-6-11(16)15(18)10-8-13(19-3)14(20-4)9-12(10)17/h8-9,11H,5-7H2,1-4H3. The minimum atomic E-state index is 0.0260. The van der Waals surface area contributed by atoms with Crippen LogP contribution >= 0.6 is 11.6 Å². The molecule has 1 aromatic rings. The fourth-order valence-corrected chi connectivity index (χ4v) is 3.29. The SMILES string of the molecule is COc1cc(Cl)c(C(=O)C2CCCC2(C)C)cc1OC. The van der Waals surface area contributed by atoms with Gasteiger partial charge in [-0.1, -0.05) is 31.9 Å². The molecular weight excluding hydrogens is 276 g/mol. The number of hydrogen-bond acceptors (Lipinski definition) is 3. The quantitative estimate of drug-likeness (QED) is 0.774. The first-order chi connectivity index (χ1) is 9.40. The van der Waals surface area contributed by atoms with E-state index in [0.717, 1.165) is 19.3 Å². The number of Topliss-reactive ketones (excluding diaryl/α,β-unsaturated/α-hetero) is 1. The van der Waals surface area contributed by atoms with Gasteiger partial charge in [-0.2, -0.15) is 0 Å². The van der Waals surface area contributed by atoms with Gasteiger partial charge in [-0.25, -0.2) is 0 Å². The van der Waals surface area contributed by atoms with Crippen LogP contribution in [0.15, 0.2) is 12.1 Å². The normalized spacial score (nSPS) is 20.8. The molecule has 0 saturated heterocycles. The Morgan fingerprint density at radius 1 is 1.25 bits per heavy atom.